The Labute approximate surface area is 113 Å². The lowest BCUT2D eigenvalue weighted by Gasteiger charge is -2.21. The number of hydrogen-bond donors (Lipinski definition) is 1. The zero-order valence-electron chi connectivity index (χ0n) is 11.6. The molecule has 1 aliphatic rings. The number of benzene rings is 1. The van der Waals surface area contributed by atoms with Crippen LogP contribution >= 0.6 is 0 Å². The van der Waals surface area contributed by atoms with Gasteiger partial charge in [-0.25, -0.2) is 0 Å². The average Bonchev–Trinajstić information content (AvgIpc) is 2.62. The summed E-state index contributed by atoms with van der Waals surface area (Å²) in [5.74, 6) is 0.565. The van der Waals surface area contributed by atoms with Gasteiger partial charge in [0.05, 0.1) is 12.7 Å². The summed E-state index contributed by atoms with van der Waals surface area (Å²) in [6, 6.07) is 5.17. The van der Waals surface area contributed by atoms with Crippen LogP contribution in [0, 0.1) is 0 Å². The molecule has 1 aromatic rings. The van der Waals surface area contributed by atoms with E-state index in [1.54, 1.807) is 25.3 Å². The molecular formula is C14H21N3O2. The maximum absolute atomic E-state index is 12.5. The first kappa shape index (κ1) is 13.7. The van der Waals surface area contributed by atoms with E-state index < -0.39 is 0 Å². The predicted octanol–water partition coefficient (Wildman–Crippen LogP) is 1.06. The van der Waals surface area contributed by atoms with Crippen molar-refractivity contribution in [1.29, 1.82) is 0 Å². The quantitative estimate of drug-likeness (QED) is 0.810. The number of carbonyl (C=O) groups excluding carboxylic acids is 1. The van der Waals surface area contributed by atoms with Gasteiger partial charge in [0.15, 0.2) is 0 Å². The van der Waals surface area contributed by atoms with Crippen molar-refractivity contribution in [3.63, 3.8) is 0 Å². The lowest BCUT2D eigenvalue weighted by Crippen LogP contribution is -2.34. The summed E-state index contributed by atoms with van der Waals surface area (Å²) in [7, 11) is 3.64. The molecule has 0 saturated carbocycles. The number of rotatable bonds is 2. The second kappa shape index (κ2) is 5.93. The summed E-state index contributed by atoms with van der Waals surface area (Å²) in [6.45, 7) is 3.48. The Morgan fingerprint density at radius 3 is 2.79 bits per heavy atom. The van der Waals surface area contributed by atoms with Gasteiger partial charge in [-0.15, -0.1) is 0 Å². The third kappa shape index (κ3) is 3.17. The van der Waals surface area contributed by atoms with Gasteiger partial charge in [-0.3, -0.25) is 4.79 Å². The number of carbonyl (C=O) groups is 1. The molecule has 2 N–H and O–H groups in total. The second-order valence-corrected chi connectivity index (χ2v) is 4.91. The molecule has 19 heavy (non-hydrogen) atoms. The molecule has 1 fully saturated rings. The third-order valence-electron chi connectivity index (χ3n) is 3.46. The van der Waals surface area contributed by atoms with Gasteiger partial charge in [0.2, 0.25) is 0 Å². The minimum Gasteiger partial charge on any atom is -0.496 e. The molecule has 0 aliphatic carbocycles. The number of methoxy groups -OCH3 is 1. The van der Waals surface area contributed by atoms with E-state index in [2.05, 4.69) is 11.9 Å². The Morgan fingerprint density at radius 2 is 2.05 bits per heavy atom. The Balaban J connectivity index is 2.19. The van der Waals surface area contributed by atoms with Gasteiger partial charge in [-0.2, -0.15) is 0 Å². The second-order valence-electron chi connectivity index (χ2n) is 4.91. The molecule has 0 aromatic heterocycles. The summed E-state index contributed by atoms with van der Waals surface area (Å²) >= 11 is 0. The third-order valence-corrected chi connectivity index (χ3v) is 3.46. The minimum atomic E-state index is 0.0205. The molecule has 2 rings (SSSR count). The van der Waals surface area contributed by atoms with Crippen LogP contribution in [0.15, 0.2) is 18.2 Å². The molecule has 1 aromatic carbocycles. The first-order valence-electron chi connectivity index (χ1n) is 6.53. The van der Waals surface area contributed by atoms with E-state index in [4.69, 9.17) is 10.5 Å². The monoisotopic (exact) mass is 263 g/mol. The molecule has 104 valence electrons. The first-order valence-corrected chi connectivity index (χ1v) is 6.53. The Morgan fingerprint density at radius 1 is 1.26 bits per heavy atom. The molecule has 1 amide bonds. The van der Waals surface area contributed by atoms with Crippen LogP contribution in [0.4, 0.5) is 5.69 Å². The topological polar surface area (TPSA) is 58.8 Å². The summed E-state index contributed by atoms with van der Waals surface area (Å²) in [6.07, 6.45) is 1.000. The maximum atomic E-state index is 12.5. The summed E-state index contributed by atoms with van der Waals surface area (Å²) in [5.41, 5.74) is 6.90. The average molecular weight is 263 g/mol. The smallest absolute Gasteiger partial charge is 0.257 e. The number of nitrogens with two attached hydrogens (primary N) is 1. The minimum absolute atomic E-state index is 0.0205. The number of ether oxygens (including phenoxy) is 1. The van der Waals surface area contributed by atoms with Gasteiger partial charge >= 0.3 is 0 Å². The van der Waals surface area contributed by atoms with Gasteiger partial charge in [0.1, 0.15) is 5.75 Å². The van der Waals surface area contributed by atoms with Crippen LogP contribution in [0.3, 0.4) is 0 Å². The number of anilines is 1. The van der Waals surface area contributed by atoms with E-state index in [1.165, 1.54) is 0 Å². The van der Waals surface area contributed by atoms with Crippen molar-refractivity contribution < 1.29 is 9.53 Å². The van der Waals surface area contributed by atoms with E-state index in [0.29, 0.717) is 17.0 Å². The standard InChI is InChI=1S/C14H21N3O2/c1-16-6-3-7-17(9-8-16)14(18)12-5-4-11(15)10-13(12)19-2/h4-5,10H,3,6-9,15H2,1-2H3. The van der Waals surface area contributed by atoms with Crippen LogP contribution in [0.2, 0.25) is 0 Å². The highest BCUT2D eigenvalue weighted by Gasteiger charge is 2.21. The molecule has 1 aliphatic heterocycles. The van der Waals surface area contributed by atoms with Gasteiger partial charge in [-0.1, -0.05) is 0 Å². The number of nitrogens with zero attached hydrogens (tertiary/aromatic N) is 2. The lowest BCUT2D eigenvalue weighted by molar-refractivity contribution is 0.0759. The molecule has 5 heteroatoms. The molecule has 0 spiro atoms. The zero-order chi connectivity index (χ0) is 13.8. The zero-order valence-corrected chi connectivity index (χ0v) is 11.6. The van der Waals surface area contributed by atoms with Crippen molar-refractivity contribution in [1.82, 2.24) is 9.80 Å². The highest BCUT2D eigenvalue weighted by atomic mass is 16.5. The van der Waals surface area contributed by atoms with E-state index >= 15 is 0 Å². The molecule has 1 saturated heterocycles. The van der Waals surface area contributed by atoms with E-state index in [9.17, 15) is 4.79 Å². The van der Waals surface area contributed by atoms with Crippen LogP contribution in [0.5, 0.6) is 5.75 Å². The van der Waals surface area contributed by atoms with E-state index in [1.807, 2.05) is 4.90 Å². The Kier molecular flexibility index (Phi) is 4.27. The Hall–Kier alpha value is -1.75. The lowest BCUT2D eigenvalue weighted by atomic mass is 10.1. The van der Waals surface area contributed by atoms with Crippen molar-refractivity contribution in [2.24, 2.45) is 0 Å². The highest BCUT2D eigenvalue weighted by molar-refractivity contribution is 5.97. The molecular weight excluding hydrogens is 242 g/mol. The van der Waals surface area contributed by atoms with Crippen LogP contribution in [0.1, 0.15) is 16.8 Å². The van der Waals surface area contributed by atoms with E-state index in [-0.39, 0.29) is 5.91 Å². The molecule has 0 bridgehead atoms. The number of nitrogen functional groups attached to an aromatic ring is 1. The van der Waals surface area contributed by atoms with Gasteiger partial charge < -0.3 is 20.3 Å². The largest absolute Gasteiger partial charge is 0.496 e. The first-order chi connectivity index (χ1) is 9.11. The predicted molar refractivity (Wildman–Crippen MR) is 75.4 cm³/mol. The van der Waals surface area contributed by atoms with Crippen molar-refractivity contribution in [2.45, 2.75) is 6.42 Å². The van der Waals surface area contributed by atoms with Crippen molar-refractivity contribution in [3.8, 4) is 5.75 Å². The summed E-state index contributed by atoms with van der Waals surface area (Å²) in [5, 5.41) is 0. The SMILES string of the molecule is COc1cc(N)ccc1C(=O)N1CCCN(C)CC1. The maximum Gasteiger partial charge on any atom is 0.257 e. The summed E-state index contributed by atoms with van der Waals surface area (Å²) in [4.78, 5) is 16.7. The van der Waals surface area contributed by atoms with E-state index in [0.717, 1.165) is 32.6 Å². The van der Waals surface area contributed by atoms with Crippen molar-refractivity contribution in [3.05, 3.63) is 23.8 Å². The van der Waals surface area contributed by atoms with Crippen LogP contribution in [0.25, 0.3) is 0 Å². The summed E-state index contributed by atoms with van der Waals surface area (Å²) < 4.78 is 5.25. The molecule has 5 nitrogen and oxygen atoms in total. The number of amides is 1. The fourth-order valence-electron chi connectivity index (χ4n) is 2.30. The molecule has 1 heterocycles. The molecule has 0 unspecified atom stereocenters. The molecule has 0 radical (unpaired) electrons. The van der Waals surface area contributed by atoms with Crippen LogP contribution in [-0.2, 0) is 0 Å². The number of likely N-dealkylation sites (N-methyl/N-ethyl adjacent to an activating group) is 1. The van der Waals surface area contributed by atoms with Gasteiger partial charge in [0.25, 0.3) is 5.91 Å². The molecule has 0 atom stereocenters. The fraction of sp³-hybridized carbons (Fsp3) is 0.500. The van der Waals surface area contributed by atoms with Crippen molar-refractivity contribution in [2.75, 3.05) is 46.1 Å². The van der Waals surface area contributed by atoms with Crippen LogP contribution < -0.4 is 10.5 Å². The van der Waals surface area contributed by atoms with Crippen LogP contribution in [-0.4, -0.2) is 56.0 Å². The number of hydrogen-bond acceptors (Lipinski definition) is 4. The fourth-order valence-corrected chi connectivity index (χ4v) is 2.30. The van der Waals surface area contributed by atoms with Crippen molar-refractivity contribution >= 4 is 11.6 Å². The van der Waals surface area contributed by atoms with Gasteiger partial charge in [-0.05, 0) is 32.1 Å². The Bertz CT molecular complexity index is 462. The van der Waals surface area contributed by atoms with Gasteiger partial charge in [0, 0.05) is 31.4 Å². The highest BCUT2D eigenvalue weighted by Crippen LogP contribution is 2.23. The normalized spacial score (nSPS) is 17.1.